The predicted molar refractivity (Wildman–Crippen MR) is 166 cm³/mol. The lowest BCUT2D eigenvalue weighted by Crippen LogP contribution is -2.43. The van der Waals surface area contributed by atoms with Crippen molar-refractivity contribution in [1.29, 1.82) is 0 Å². The van der Waals surface area contributed by atoms with Crippen LogP contribution in [0.1, 0.15) is 76.9 Å². The molecule has 3 rings (SSSR count). The quantitative estimate of drug-likeness (QED) is 0.200. The van der Waals surface area contributed by atoms with E-state index in [-0.39, 0.29) is 30.4 Å². The van der Waals surface area contributed by atoms with Crippen molar-refractivity contribution in [3.63, 3.8) is 0 Å². The lowest BCUT2D eigenvalue weighted by atomic mass is 9.93. The Labute approximate surface area is 267 Å². The van der Waals surface area contributed by atoms with Crippen LogP contribution in [0.15, 0.2) is 42.9 Å². The maximum absolute atomic E-state index is 13.5. The van der Waals surface area contributed by atoms with Crippen LogP contribution in [-0.2, 0) is 12.4 Å². The number of aromatic nitrogens is 3. The average Bonchev–Trinajstić information content (AvgIpc) is 2.89. The minimum absolute atomic E-state index is 0.0129. The maximum atomic E-state index is 13.5. The zero-order valence-electron chi connectivity index (χ0n) is 27.6. The largest absolute Gasteiger partial charge is 0.489 e. The molecule has 0 bridgehead atoms. The number of hydrogen-bond donors (Lipinski definition) is 2. The van der Waals surface area contributed by atoms with Gasteiger partial charge in [0.1, 0.15) is 35.8 Å². The number of ether oxygens (including phenoxy) is 2. The van der Waals surface area contributed by atoms with Crippen molar-refractivity contribution in [3.05, 3.63) is 65.4 Å². The Morgan fingerprint density at radius 3 is 1.54 bits per heavy atom. The molecule has 0 aromatic carbocycles. The summed E-state index contributed by atoms with van der Waals surface area (Å²) in [5, 5.41) is 0. The number of rotatable bonds is 11. The number of halogens is 6. The highest BCUT2D eigenvalue weighted by atomic mass is 19.4. The summed E-state index contributed by atoms with van der Waals surface area (Å²) < 4.78 is 90.0. The van der Waals surface area contributed by atoms with Gasteiger partial charge in [-0.2, -0.15) is 26.3 Å². The fraction of sp³-hybridized carbons (Fsp3) is 0.545. The molecule has 0 amide bonds. The summed E-state index contributed by atoms with van der Waals surface area (Å²) >= 11 is 0. The van der Waals surface area contributed by atoms with E-state index >= 15 is 0 Å². The molecule has 7 nitrogen and oxygen atoms in total. The van der Waals surface area contributed by atoms with Gasteiger partial charge in [0, 0.05) is 34.2 Å². The molecule has 0 aliphatic rings. The molecule has 0 saturated carbocycles. The summed E-state index contributed by atoms with van der Waals surface area (Å²) in [7, 11) is 0. The van der Waals surface area contributed by atoms with E-state index in [1.165, 1.54) is 13.1 Å². The molecule has 0 radical (unpaired) electrons. The molecule has 0 saturated heterocycles. The first-order chi connectivity index (χ1) is 21.0. The summed E-state index contributed by atoms with van der Waals surface area (Å²) in [6, 6.07) is 5.28. The lowest BCUT2D eigenvalue weighted by Gasteiger charge is -2.27. The zero-order valence-corrected chi connectivity index (χ0v) is 27.6. The molecule has 13 heteroatoms. The van der Waals surface area contributed by atoms with Crippen LogP contribution in [0.5, 0.6) is 11.5 Å². The Morgan fingerprint density at radius 1 is 0.674 bits per heavy atom. The standard InChI is InChI=1S/C19H24F3N3O.C14H21F3N2O/c1-12(2)9-18(4,23)11-26-17-10-25-16(8-15(17)19(20,21)22)14-5-6-24-13(3)7-14;1-9(2)6-13(4,18)8-20-12-7-19-10(3)5-11(12)14(15,16)17/h5-8,10,12H,9,11,23H2,1-4H3;5,7,9H,6,8,18H2,1-4H3/t18-;13-/m00/s1. The Morgan fingerprint density at radius 2 is 1.11 bits per heavy atom. The van der Waals surface area contributed by atoms with Crippen molar-refractivity contribution >= 4 is 0 Å². The molecule has 0 aliphatic carbocycles. The highest BCUT2D eigenvalue weighted by Gasteiger charge is 2.37. The van der Waals surface area contributed by atoms with Gasteiger partial charge in [0.25, 0.3) is 0 Å². The zero-order chi connectivity index (χ0) is 35.1. The summed E-state index contributed by atoms with van der Waals surface area (Å²) in [6.45, 7) is 14.8. The molecule has 0 spiro atoms. The highest BCUT2D eigenvalue weighted by molar-refractivity contribution is 5.61. The van der Waals surface area contributed by atoms with E-state index in [2.05, 4.69) is 15.0 Å². The van der Waals surface area contributed by atoms with Crippen molar-refractivity contribution in [2.75, 3.05) is 13.2 Å². The first-order valence-electron chi connectivity index (χ1n) is 14.9. The summed E-state index contributed by atoms with van der Waals surface area (Å²) in [4.78, 5) is 12.0. The smallest absolute Gasteiger partial charge is 0.420 e. The number of hydrogen-bond acceptors (Lipinski definition) is 7. The molecular formula is C33H45F6N5O2. The molecular weight excluding hydrogens is 612 g/mol. The van der Waals surface area contributed by atoms with Gasteiger partial charge in [-0.25, -0.2) is 0 Å². The Balaban J connectivity index is 0.000000332. The van der Waals surface area contributed by atoms with Gasteiger partial charge in [0.15, 0.2) is 0 Å². The van der Waals surface area contributed by atoms with Crippen LogP contribution in [-0.4, -0.2) is 39.2 Å². The van der Waals surface area contributed by atoms with Gasteiger partial charge in [-0.3, -0.25) is 15.0 Å². The first kappa shape index (κ1) is 38.7. The second kappa shape index (κ2) is 15.4. The molecule has 0 unspecified atom stereocenters. The van der Waals surface area contributed by atoms with Gasteiger partial charge in [-0.15, -0.1) is 0 Å². The summed E-state index contributed by atoms with van der Waals surface area (Å²) in [5.41, 5.74) is 10.9. The molecule has 3 aromatic heterocycles. The number of pyridine rings is 3. The van der Waals surface area contributed by atoms with E-state index in [1.54, 1.807) is 32.9 Å². The Hall–Kier alpha value is -3.45. The first-order valence-corrected chi connectivity index (χ1v) is 14.9. The van der Waals surface area contributed by atoms with E-state index in [0.29, 0.717) is 41.6 Å². The van der Waals surface area contributed by atoms with Crippen LogP contribution in [0.25, 0.3) is 11.3 Å². The molecule has 4 N–H and O–H groups in total. The number of aryl methyl sites for hydroxylation is 2. The molecule has 256 valence electrons. The monoisotopic (exact) mass is 657 g/mol. The maximum Gasteiger partial charge on any atom is 0.420 e. The average molecular weight is 658 g/mol. The predicted octanol–water partition coefficient (Wildman–Crippen LogP) is 8.16. The Bertz CT molecular complexity index is 1420. The van der Waals surface area contributed by atoms with E-state index in [9.17, 15) is 26.3 Å². The highest BCUT2D eigenvalue weighted by Crippen LogP contribution is 2.39. The van der Waals surface area contributed by atoms with Crippen molar-refractivity contribution in [1.82, 2.24) is 15.0 Å². The van der Waals surface area contributed by atoms with Crippen LogP contribution in [0.4, 0.5) is 26.3 Å². The SMILES string of the molecule is Cc1cc(-c2cc(C(F)(F)F)c(OC[C@@](C)(N)CC(C)C)cn2)ccn1.Cc1cc(C(F)(F)F)c(OC[C@@](C)(N)CC(C)C)cn1. The number of alkyl halides is 6. The van der Waals surface area contributed by atoms with Crippen molar-refractivity contribution in [2.24, 2.45) is 23.3 Å². The second-order valence-corrected chi connectivity index (χ2v) is 13.2. The van der Waals surface area contributed by atoms with Gasteiger partial charge in [0.05, 0.1) is 18.1 Å². The van der Waals surface area contributed by atoms with Crippen LogP contribution >= 0.6 is 0 Å². The normalized spacial score (nSPS) is 14.7. The fourth-order valence-corrected chi connectivity index (χ4v) is 4.99. The van der Waals surface area contributed by atoms with Crippen molar-refractivity contribution < 1.29 is 35.8 Å². The van der Waals surface area contributed by atoms with E-state index < -0.39 is 34.6 Å². The van der Waals surface area contributed by atoms with Gasteiger partial charge in [-0.05, 0) is 76.6 Å². The van der Waals surface area contributed by atoms with Gasteiger partial charge in [-0.1, -0.05) is 27.7 Å². The molecule has 3 aromatic rings. The van der Waals surface area contributed by atoms with Gasteiger partial charge >= 0.3 is 12.4 Å². The van der Waals surface area contributed by atoms with Crippen LogP contribution in [0.3, 0.4) is 0 Å². The molecule has 46 heavy (non-hydrogen) atoms. The van der Waals surface area contributed by atoms with Crippen LogP contribution < -0.4 is 20.9 Å². The third-order valence-corrected chi connectivity index (χ3v) is 6.54. The van der Waals surface area contributed by atoms with Crippen LogP contribution in [0, 0.1) is 25.7 Å². The minimum atomic E-state index is -4.56. The summed E-state index contributed by atoms with van der Waals surface area (Å²) in [5.74, 6) is 0.0638. The van der Waals surface area contributed by atoms with Gasteiger partial charge < -0.3 is 20.9 Å². The topological polar surface area (TPSA) is 109 Å². The minimum Gasteiger partial charge on any atom is -0.489 e. The van der Waals surface area contributed by atoms with E-state index in [4.69, 9.17) is 20.9 Å². The van der Waals surface area contributed by atoms with Gasteiger partial charge in [0.2, 0.25) is 0 Å². The third-order valence-electron chi connectivity index (χ3n) is 6.54. The molecule has 2 atom stereocenters. The number of nitrogens with two attached hydrogens (primary N) is 2. The molecule has 0 fully saturated rings. The van der Waals surface area contributed by atoms with E-state index in [0.717, 1.165) is 24.5 Å². The van der Waals surface area contributed by atoms with Crippen molar-refractivity contribution in [3.8, 4) is 22.8 Å². The van der Waals surface area contributed by atoms with Crippen LogP contribution in [0.2, 0.25) is 0 Å². The number of nitrogens with zero attached hydrogens (tertiary/aromatic N) is 3. The fourth-order valence-electron chi connectivity index (χ4n) is 4.99. The lowest BCUT2D eigenvalue weighted by molar-refractivity contribution is -0.140. The Kier molecular flexibility index (Phi) is 13.0. The van der Waals surface area contributed by atoms with Crippen molar-refractivity contribution in [2.45, 2.75) is 91.7 Å². The third kappa shape index (κ3) is 12.7. The molecule has 3 heterocycles. The summed E-state index contributed by atoms with van der Waals surface area (Å²) in [6.07, 6.45) is -3.98. The van der Waals surface area contributed by atoms with E-state index in [1.807, 2.05) is 27.7 Å². The molecule has 0 aliphatic heterocycles. The second-order valence-electron chi connectivity index (χ2n) is 13.2.